The molecule has 0 saturated heterocycles. The minimum absolute atomic E-state index is 0.0722. The van der Waals surface area contributed by atoms with E-state index in [-0.39, 0.29) is 12.5 Å². The van der Waals surface area contributed by atoms with E-state index < -0.39 is 5.60 Å². The van der Waals surface area contributed by atoms with Crippen LogP contribution in [0.3, 0.4) is 0 Å². The van der Waals surface area contributed by atoms with Gasteiger partial charge in [-0.15, -0.1) is 0 Å². The number of anilines is 2. The second kappa shape index (κ2) is 7.68. The number of hydrogen-bond acceptors (Lipinski definition) is 7. The second-order valence-corrected chi connectivity index (χ2v) is 8.38. The van der Waals surface area contributed by atoms with Gasteiger partial charge in [-0.1, -0.05) is 0 Å². The standard InChI is InChI=1S/C21H27N5O3/c1-21(2,28)17-7-5-14(9-22-17)16-10-23-19-20(24-16)26(12-18(27)25-19)11-13-4-6-15(8-13)29-3/h5,7,9-10,13,15,28H,4,6,8,11-12H2,1-3H3,(H,23,25,27)/t13-,15+/m0/s1. The van der Waals surface area contributed by atoms with Crippen molar-refractivity contribution in [3.63, 3.8) is 0 Å². The Morgan fingerprint density at radius 1 is 1.28 bits per heavy atom. The second-order valence-electron chi connectivity index (χ2n) is 8.38. The van der Waals surface area contributed by atoms with Gasteiger partial charge in [-0.3, -0.25) is 9.78 Å². The van der Waals surface area contributed by atoms with Gasteiger partial charge in [0.25, 0.3) is 0 Å². The Morgan fingerprint density at radius 2 is 2.10 bits per heavy atom. The number of ether oxygens (including phenoxy) is 1. The molecule has 0 radical (unpaired) electrons. The van der Waals surface area contributed by atoms with E-state index in [1.165, 1.54) is 0 Å². The van der Waals surface area contributed by atoms with E-state index in [1.54, 1.807) is 39.4 Å². The van der Waals surface area contributed by atoms with Crippen molar-refractivity contribution in [3.8, 4) is 11.3 Å². The zero-order valence-corrected chi connectivity index (χ0v) is 17.1. The highest BCUT2D eigenvalue weighted by molar-refractivity contribution is 5.99. The molecule has 8 heteroatoms. The normalized spacial score (nSPS) is 21.8. The van der Waals surface area contributed by atoms with Crippen molar-refractivity contribution >= 4 is 17.5 Å². The Hall–Kier alpha value is -2.58. The topological polar surface area (TPSA) is 100 Å². The quantitative estimate of drug-likeness (QED) is 0.799. The van der Waals surface area contributed by atoms with Gasteiger partial charge in [0.2, 0.25) is 5.91 Å². The number of rotatable bonds is 5. The van der Waals surface area contributed by atoms with Crippen LogP contribution in [-0.4, -0.2) is 52.3 Å². The van der Waals surface area contributed by atoms with E-state index in [1.807, 2.05) is 11.0 Å². The monoisotopic (exact) mass is 397 g/mol. The van der Waals surface area contributed by atoms with Gasteiger partial charge in [0, 0.05) is 25.4 Å². The summed E-state index contributed by atoms with van der Waals surface area (Å²) >= 11 is 0. The number of pyridine rings is 1. The first-order valence-electron chi connectivity index (χ1n) is 9.97. The lowest BCUT2D eigenvalue weighted by Gasteiger charge is -2.31. The fourth-order valence-corrected chi connectivity index (χ4v) is 4.03. The van der Waals surface area contributed by atoms with Gasteiger partial charge in [-0.2, -0.15) is 0 Å². The molecule has 8 nitrogen and oxygen atoms in total. The van der Waals surface area contributed by atoms with Crippen molar-refractivity contribution in [2.24, 2.45) is 5.92 Å². The van der Waals surface area contributed by atoms with E-state index in [0.29, 0.717) is 35.0 Å². The van der Waals surface area contributed by atoms with Gasteiger partial charge in [0.1, 0.15) is 5.60 Å². The lowest BCUT2D eigenvalue weighted by Crippen LogP contribution is -2.41. The lowest BCUT2D eigenvalue weighted by molar-refractivity contribution is -0.115. The number of aromatic nitrogens is 3. The average Bonchev–Trinajstić information content (AvgIpc) is 3.15. The maximum atomic E-state index is 12.1. The van der Waals surface area contributed by atoms with Crippen LogP contribution in [0.4, 0.5) is 11.6 Å². The number of aliphatic hydroxyl groups is 1. The van der Waals surface area contributed by atoms with Crippen molar-refractivity contribution < 1.29 is 14.6 Å². The summed E-state index contributed by atoms with van der Waals surface area (Å²) in [7, 11) is 1.76. The third kappa shape index (κ3) is 4.23. The van der Waals surface area contributed by atoms with Crippen molar-refractivity contribution in [3.05, 3.63) is 30.2 Å². The molecule has 2 atom stereocenters. The summed E-state index contributed by atoms with van der Waals surface area (Å²) in [5.41, 5.74) is 1.09. The molecule has 2 aliphatic rings. The molecule has 0 spiro atoms. The highest BCUT2D eigenvalue weighted by atomic mass is 16.5. The van der Waals surface area contributed by atoms with Crippen molar-refractivity contribution in [2.75, 3.05) is 30.4 Å². The number of hydrogen-bond donors (Lipinski definition) is 2. The Morgan fingerprint density at radius 3 is 2.76 bits per heavy atom. The number of carbonyl (C=O) groups is 1. The molecule has 1 saturated carbocycles. The first-order valence-corrected chi connectivity index (χ1v) is 9.97. The minimum atomic E-state index is -0.998. The molecule has 0 bridgehead atoms. The highest BCUT2D eigenvalue weighted by Crippen LogP contribution is 2.33. The molecule has 1 fully saturated rings. The van der Waals surface area contributed by atoms with Crippen LogP contribution < -0.4 is 10.2 Å². The van der Waals surface area contributed by atoms with E-state index in [9.17, 15) is 9.90 Å². The molecular weight excluding hydrogens is 370 g/mol. The predicted octanol–water partition coefficient (Wildman–Crippen LogP) is 2.34. The Bertz CT molecular complexity index is 894. The summed E-state index contributed by atoms with van der Waals surface area (Å²) in [5.74, 6) is 1.58. The molecule has 1 aliphatic carbocycles. The molecular formula is C21H27N5O3. The third-order valence-corrected chi connectivity index (χ3v) is 5.64. The molecule has 3 heterocycles. The molecule has 154 valence electrons. The Balaban J connectivity index is 1.59. The maximum Gasteiger partial charge on any atom is 0.245 e. The van der Waals surface area contributed by atoms with Gasteiger partial charge in [0.05, 0.1) is 30.2 Å². The van der Waals surface area contributed by atoms with E-state index in [2.05, 4.69) is 15.3 Å². The van der Waals surface area contributed by atoms with E-state index in [0.717, 1.165) is 31.4 Å². The fraction of sp³-hybridized carbons (Fsp3) is 0.524. The van der Waals surface area contributed by atoms with Gasteiger partial charge in [0.15, 0.2) is 11.6 Å². The van der Waals surface area contributed by atoms with Crippen LogP contribution in [0.5, 0.6) is 0 Å². The number of nitrogens with one attached hydrogen (secondary N) is 1. The van der Waals surface area contributed by atoms with Gasteiger partial charge < -0.3 is 20.1 Å². The molecule has 1 amide bonds. The number of amides is 1. The smallest absolute Gasteiger partial charge is 0.245 e. The average molecular weight is 397 g/mol. The summed E-state index contributed by atoms with van der Waals surface area (Å²) in [4.78, 5) is 27.7. The summed E-state index contributed by atoms with van der Waals surface area (Å²) in [6, 6.07) is 3.67. The number of carbonyl (C=O) groups excluding carboxylic acids is 1. The first kappa shape index (κ1) is 19.7. The molecule has 2 N–H and O–H groups in total. The Kier molecular flexibility index (Phi) is 5.23. The minimum Gasteiger partial charge on any atom is -0.384 e. The SMILES string of the molecule is CO[C@@H]1CC[C@H](CN2CC(=O)Nc3ncc(-c4ccc(C(C)(C)O)nc4)nc32)C1. The summed E-state index contributed by atoms with van der Waals surface area (Å²) in [6.45, 7) is 4.43. The molecule has 0 aromatic carbocycles. The van der Waals surface area contributed by atoms with Crippen molar-refractivity contribution in [1.29, 1.82) is 0 Å². The zero-order valence-electron chi connectivity index (χ0n) is 17.1. The molecule has 2 aromatic heterocycles. The van der Waals surface area contributed by atoms with Gasteiger partial charge in [-0.05, 0) is 51.2 Å². The van der Waals surface area contributed by atoms with Crippen LogP contribution in [0.15, 0.2) is 24.5 Å². The molecule has 0 unspecified atom stereocenters. The molecule has 2 aromatic rings. The summed E-state index contributed by atoms with van der Waals surface area (Å²) < 4.78 is 5.48. The molecule has 1 aliphatic heterocycles. The highest BCUT2D eigenvalue weighted by Gasteiger charge is 2.31. The first-order chi connectivity index (χ1) is 13.8. The summed E-state index contributed by atoms with van der Waals surface area (Å²) in [6.07, 6.45) is 6.77. The van der Waals surface area contributed by atoms with Gasteiger partial charge in [-0.25, -0.2) is 9.97 Å². The molecule has 4 rings (SSSR count). The van der Waals surface area contributed by atoms with Crippen LogP contribution in [0.2, 0.25) is 0 Å². The van der Waals surface area contributed by atoms with Crippen LogP contribution in [0.25, 0.3) is 11.3 Å². The number of methoxy groups -OCH3 is 1. The largest absolute Gasteiger partial charge is 0.384 e. The van der Waals surface area contributed by atoms with E-state index >= 15 is 0 Å². The van der Waals surface area contributed by atoms with Crippen LogP contribution in [0, 0.1) is 5.92 Å². The lowest BCUT2D eigenvalue weighted by atomic mass is 10.0. The number of fused-ring (bicyclic) bond motifs is 1. The molecule has 29 heavy (non-hydrogen) atoms. The van der Waals surface area contributed by atoms with Crippen LogP contribution >= 0.6 is 0 Å². The zero-order chi connectivity index (χ0) is 20.6. The van der Waals surface area contributed by atoms with Crippen molar-refractivity contribution in [1.82, 2.24) is 15.0 Å². The van der Waals surface area contributed by atoms with Crippen LogP contribution in [0.1, 0.15) is 38.8 Å². The third-order valence-electron chi connectivity index (χ3n) is 5.64. The Labute approximate surface area is 170 Å². The predicted molar refractivity (Wildman–Crippen MR) is 109 cm³/mol. The fourth-order valence-electron chi connectivity index (χ4n) is 4.03. The van der Waals surface area contributed by atoms with E-state index in [4.69, 9.17) is 9.72 Å². The van der Waals surface area contributed by atoms with Crippen LogP contribution in [-0.2, 0) is 15.1 Å². The summed E-state index contributed by atoms with van der Waals surface area (Å²) in [5, 5.41) is 12.9. The van der Waals surface area contributed by atoms with Crippen molar-refractivity contribution in [2.45, 2.75) is 44.8 Å². The number of nitrogens with zero attached hydrogens (tertiary/aromatic N) is 4. The maximum absolute atomic E-state index is 12.1. The van der Waals surface area contributed by atoms with Gasteiger partial charge >= 0.3 is 0 Å².